The predicted octanol–water partition coefficient (Wildman–Crippen LogP) is 5.43. The average molecular weight is 430 g/mol. The van der Waals surface area contributed by atoms with Crippen molar-refractivity contribution in [1.82, 2.24) is 4.98 Å². The third kappa shape index (κ3) is 6.55. The van der Waals surface area contributed by atoms with Crippen molar-refractivity contribution in [3.05, 3.63) is 83.1 Å². The number of carbonyl (C=O) groups excluding carboxylic acids is 1. The largest absolute Gasteiger partial charge is 0.444 e. The minimum atomic E-state index is -4.38. The van der Waals surface area contributed by atoms with Gasteiger partial charge in [0.15, 0.2) is 5.69 Å². The molecule has 1 heterocycles. The predicted molar refractivity (Wildman–Crippen MR) is 111 cm³/mol. The van der Waals surface area contributed by atoms with Crippen LogP contribution in [0.2, 0.25) is 0 Å². The molecule has 2 aromatic carbocycles. The van der Waals surface area contributed by atoms with Crippen LogP contribution < -0.4 is 5.32 Å². The Bertz CT molecular complexity index is 1020. The Hall–Kier alpha value is -3.39. The SMILES string of the molecule is O=C(Nc1ccc(CCCCO)cc1)c1coc(/C=C/c2ccc(C(F)(F)F)cc2)n1. The highest BCUT2D eigenvalue weighted by molar-refractivity contribution is 6.02. The van der Waals surface area contributed by atoms with Crippen LogP contribution in [0.4, 0.5) is 18.9 Å². The van der Waals surface area contributed by atoms with Gasteiger partial charge in [0.1, 0.15) is 6.26 Å². The van der Waals surface area contributed by atoms with Gasteiger partial charge in [-0.05, 0) is 60.7 Å². The summed E-state index contributed by atoms with van der Waals surface area (Å²) in [6, 6.07) is 12.1. The van der Waals surface area contributed by atoms with Crippen molar-refractivity contribution < 1.29 is 27.5 Å². The Morgan fingerprint density at radius 1 is 1.03 bits per heavy atom. The highest BCUT2D eigenvalue weighted by atomic mass is 19.4. The second-order valence-corrected chi connectivity index (χ2v) is 6.86. The van der Waals surface area contributed by atoms with Gasteiger partial charge in [-0.15, -0.1) is 0 Å². The number of halogens is 3. The first-order valence-corrected chi connectivity index (χ1v) is 9.67. The molecule has 0 spiro atoms. The Kier molecular flexibility index (Phi) is 7.25. The molecule has 0 aliphatic rings. The molecule has 1 amide bonds. The Morgan fingerprint density at radius 2 is 1.74 bits per heavy atom. The first kappa shape index (κ1) is 22.3. The van der Waals surface area contributed by atoms with Crippen LogP contribution in [-0.2, 0) is 12.6 Å². The normalized spacial score (nSPS) is 11.7. The topological polar surface area (TPSA) is 75.4 Å². The molecule has 1 aromatic heterocycles. The van der Waals surface area contributed by atoms with Gasteiger partial charge in [0.25, 0.3) is 5.91 Å². The zero-order valence-corrected chi connectivity index (χ0v) is 16.5. The molecule has 8 heteroatoms. The third-order valence-corrected chi connectivity index (χ3v) is 4.50. The van der Waals surface area contributed by atoms with Gasteiger partial charge in [0, 0.05) is 18.4 Å². The zero-order valence-electron chi connectivity index (χ0n) is 16.5. The Balaban J connectivity index is 1.57. The second-order valence-electron chi connectivity index (χ2n) is 6.86. The summed E-state index contributed by atoms with van der Waals surface area (Å²) in [7, 11) is 0. The van der Waals surface area contributed by atoms with Crippen LogP contribution in [0, 0.1) is 0 Å². The fourth-order valence-corrected chi connectivity index (χ4v) is 2.81. The van der Waals surface area contributed by atoms with Gasteiger partial charge >= 0.3 is 6.18 Å². The van der Waals surface area contributed by atoms with E-state index in [4.69, 9.17) is 9.52 Å². The number of aromatic nitrogens is 1. The van der Waals surface area contributed by atoms with Crippen molar-refractivity contribution in [3.63, 3.8) is 0 Å². The number of aliphatic hydroxyl groups excluding tert-OH is 1. The summed E-state index contributed by atoms with van der Waals surface area (Å²) in [5.41, 5.74) is 1.62. The van der Waals surface area contributed by atoms with Crippen molar-refractivity contribution in [1.29, 1.82) is 0 Å². The van der Waals surface area contributed by atoms with E-state index in [-0.39, 0.29) is 18.2 Å². The van der Waals surface area contributed by atoms with E-state index in [0.29, 0.717) is 11.3 Å². The molecule has 0 atom stereocenters. The number of benzene rings is 2. The van der Waals surface area contributed by atoms with E-state index in [1.165, 1.54) is 24.5 Å². The number of rotatable bonds is 8. The van der Waals surface area contributed by atoms with Crippen LogP contribution in [0.25, 0.3) is 12.2 Å². The molecule has 2 N–H and O–H groups in total. The molecule has 162 valence electrons. The van der Waals surface area contributed by atoms with Gasteiger partial charge in [-0.2, -0.15) is 13.2 Å². The first-order valence-electron chi connectivity index (χ1n) is 9.67. The summed E-state index contributed by atoms with van der Waals surface area (Å²) in [4.78, 5) is 16.4. The van der Waals surface area contributed by atoms with Crippen molar-refractivity contribution >= 4 is 23.7 Å². The zero-order chi connectivity index (χ0) is 22.3. The summed E-state index contributed by atoms with van der Waals surface area (Å²) in [6.07, 6.45) is 2.35. The van der Waals surface area contributed by atoms with Crippen LogP contribution in [-0.4, -0.2) is 22.6 Å². The number of unbranched alkanes of at least 4 members (excludes halogenated alkanes) is 1. The van der Waals surface area contributed by atoms with E-state index in [0.717, 1.165) is 37.0 Å². The highest BCUT2D eigenvalue weighted by Gasteiger charge is 2.29. The first-order chi connectivity index (χ1) is 14.8. The lowest BCUT2D eigenvalue weighted by molar-refractivity contribution is -0.137. The van der Waals surface area contributed by atoms with Gasteiger partial charge in [0.05, 0.1) is 5.56 Å². The molecule has 0 aliphatic heterocycles. The van der Waals surface area contributed by atoms with E-state index < -0.39 is 17.6 Å². The standard InChI is InChI=1S/C23H21F3N2O3/c24-23(25,26)18-9-4-17(5-10-18)8-13-21-28-20(15-31-21)22(30)27-19-11-6-16(7-12-19)3-1-2-14-29/h4-13,15,29H,1-3,14H2,(H,27,30)/b13-8+. The van der Waals surface area contributed by atoms with Crippen molar-refractivity contribution in [2.24, 2.45) is 0 Å². The highest BCUT2D eigenvalue weighted by Crippen LogP contribution is 2.29. The van der Waals surface area contributed by atoms with Gasteiger partial charge in [0.2, 0.25) is 5.89 Å². The minimum absolute atomic E-state index is 0.0825. The fourth-order valence-electron chi connectivity index (χ4n) is 2.81. The third-order valence-electron chi connectivity index (χ3n) is 4.50. The van der Waals surface area contributed by atoms with E-state index in [1.807, 2.05) is 12.1 Å². The second kappa shape index (κ2) is 10.1. The minimum Gasteiger partial charge on any atom is -0.444 e. The smallest absolute Gasteiger partial charge is 0.416 e. The number of amides is 1. The number of oxazole rings is 1. The summed E-state index contributed by atoms with van der Waals surface area (Å²) in [5, 5.41) is 11.6. The monoisotopic (exact) mass is 430 g/mol. The summed E-state index contributed by atoms with van der Waals surface area (Å²) >= 11 is 0. The lowest BCUT2D eigenvalue weighted by Crippen LogP contribution is -2.12. The number of aliphatic hydroxyl groups is 1. The number of hydrogen-bond donors (Lipinski definition) is 2. The molecule has 0 aliphatic carbocycles. The van der Waals surface area contributed by atoms with E-state index in [9.17, 15) is 18.0 Å². The molecule has 0 fully saturated rings. The van der Waals surface area contributed by atoms with Crippen LogP contribution in [0.5, 0.6) is 0 Å². The maximum absolute atomic E-state index is 12.6. The molecular weight excluding hydrogens is 409 g/mol. The van der Waals surface area contributed by atoms with E-state index in [2.05, 4.69) is 10.3 Å². The molecule has 31 heavy (non-hydrogen) atoms. The molecule has 0 unspecified atom stereocenters. The lowest BCUT2D eigenvalue weighted by Gasteiger charge is -2.05. The van der Waals surface area contributed by atoms with Crippen molar-refractivity contribution in [3.8, 4) is 0 Å². The van der Waals surface area contributed by atoms with Gasteiger partial charge < -0.3 is 14.8 Å². The van der Waals surface area contributed by atoms with Gasteiger partial charge in [-0.3, -0.25) is 4.79 Å². The molecule has 0 saturated carbocycles. The molecule has 3 rings (SSSR count). The van der Waals surface area contributed by atoms with Gasteiger partial charge in [-0.1, -0.05) is 24.3 Å². The van der Waals surface area contributed by atoms with Crippen molar-refractivity contribution in [2.75, 3.05) is 11.9 Å². The number of hydrogen-bond acceptors (Lipinski definition) is 4. The lowest BCUT2D eigenvalue weighted by atomic mass is 10.1. The number of nitrogens with one attached hydrogen (secondary N) is 1. The number of alkyl halides is 3. The molecular formula is C23H21F3N2O3. The fraction of sp³-hybridized carbons (Fsp3) is 0.217. The maximum atomic E-state index is 12.6. The molecule has 5 nitrogen and oxygen atoms in total. The van der Waals surface area contributed by atoms with Gasteiger partial charge in [-0.25, -0.2) is 4.98 Å². The molecule has 0 radical (unpaired) electrons. The summed E-state index contributed by atoms with van der Waals surface area (Å²) in [5.74, 6) is -0.282. The maximum Gasteiger partial charge on any atom is 0.416 e. The van der Waals surface area contributed by atoms with Crippen LogP contribution >= 0.6 is 0 Å². The average Bonchev–Trinajstić information content (AvgIpc) is 3.23. The number of aryl methyl sites for hydroxylation is 1. The molecule has 0 bridgehead atoms. The number of anilines is 1. The van der Waals surface area contributed by atoms with Crippen LogP contribution in [0.15, 0.2) is 59.2 Å². The van der Waals surface area contributed by atoms with E-state index >= 15 is 0 Å². The van der Waals surface area contributed by atoms with Crippen molar-refractivity contribution in [2.45, 2.75) is 25.4 Å². The van der Waals surface area contributed by atoms with Crippen LogP contribution in [0.1, 0.15) is 45.9 Å². The number of nitrogens with zero attached hydrogens (tertiary/aromatic N) is 1. The molecule has 0 saturated heterocycles. The summed E-state index contributed by atoms with van der Waals surface area (Å²) < 4.78 is 43.0. The Labute approximate surface area is 177 Å². The van der Waals surface area contributed by atoms with Crippen LogP contribution in [0.3, 0.4) is 0 Å². The van der Waals surface area contributed by atoms with E-state index in [1.54, 1.807) is 18.2 Å². The Morgan fingerprint density at radius 3 is 2.39 bits per heavy atom. The summed E-state index contributed by atoms with van der Waals surface area (Å²) in [6.45, 7) is 0.174. The quantitative estimate of drug-likeness (QED) is 0.467. The number of carbonyl (C=O) groups is 1. The molecule has 3 aromatic rings.